The molecule has 0 aliphatic rings. The highest BCUT2D eigenvalue weighted by Crippen LogP contribution is 2.33. The Morgan fingerprint density at radius 2 is 1.65 bits per heavy atom. The second-order valence-electron chi connectivity index (χ2n) is 4.10. The minimum absolute atomic E-state index is 0.138. The molecule has 0 atom stereocenters. The van der Waals surface area contributed by atoms with Gasteiger partial charge in [-0.05, 0) is 23.8 Å². The number of nitrogens with zero attached hydrogens (tertiary/aromatic N) is 1. The van der Waals surface area contributed by atoms with Crippen LogP contribution in [0.5, 0.6) is 0 Å². The van der Waals surface area contributed by atoms with E-state index in [9.17, 15) is 23.3 Å². The Morgan fingerprint density at radius 1 is 1.05 bits per heavy atom. The summed E-state index contributed by atoms with van der Waals surface area (Å²) in [6.07, 6.45) is -4.40. The molecular formula is C13H9F3N2O2. The number of anilines is 1. The van der Waals surface area contributed by atoms with Gasteiger partial charge in [-0.2, -0.15) is 13.2 Å². The van der Waals surface area contributed by atoms with Gasteiger partial charge in [0.2, 0.25) is 0 Å². The summed E-state index contributed by atoms with van der Waals surface area (Å²) >= 11 is 0. The lowest BCUT2D eigenvalue weighted by atomic mass is 10.0. The van der Waals surface area contributed by atoms with E-state index in [1.165, 1.54) is 30.3 Å². The Labute approximate surface area is 111 Å². The molecule has 0 fully saturated rings. The zero-order chi connectivity index (χ0) is 14.9. The molecule has 0 aromatic heterocycles. The molecule has 0 radical (unpaired) electrons. The van der Waals surface area contributed by atoms with Crippen molar-refractivity contribution in [3.05, 3.63) is 58.1 Å². The van der Waals surface area contributed by atoms with Gasteiger partial charge in [0.25, 0.3) is 5.69 Å². The fourth-order valence-corrected chi connectivity index (χ4v) is 1.77. The van der Waals surface area contributed by atoms with Crippen molar-refractivity contribution in [2.24, 2.45) is 0 Å². The molecule has 0 saturated carbocycles. The second kappa shape index (κ2) is 4.84. The number of benzene rings is 2. The van der Waals surface area contributed by atoms with Crippen molar-refractivity contribution in [1.29, 1.82) is 0 Å². The molecule has 0 aliphatic carbocycles. The number of nitrogens with two attached hydrogens (primary N) is 1. The van der Waals surface area contributed by atoms with Crippen LogP contribution in [-0.2, 0) is 6.18 Å². The topological polar surface area (TPSA) is 69.2 Å². The summed E-state index contributed by atoms with van der Waals surface area (Å²) in [5.41, 5.74) is 5.81. The standard InChI is InChI=1S/C13H9F3N2O2/c14-13(15,16)9-3-1-8(2-4-9)11-6-5-10(18(19)20)7-12(11)17/h1-7H,17H2. The van der Waals surface area contributed by atoms with E-state index in [1.807, 2.05) is 0 Å². The molecule has 0 bridgehead atoms. The zero-order valence-corrected chi connectivity index (χ0v) is 10.0. The van der Waals surface area contributed by atoms with Crippen molar-refractivity contribution >= 4 is 11.4 Å². The van der Waals surface area contributed by atoms with Crippen molar-refractivity contribution < 1.29 is 18.1 Å². The Balaban J connectivity index is 2.40. The Bertz CT molecular complexity index is 652. The molecule has 0 heterocycles. The number of nitro benzene ring substituents is 1. The summed E-state index contributed by atoms with van der Waals surface area (Å²) in [6, 6.07) is 8.28. The van der Waals surface area contributed by atoms with Gasteiger partial charge in [-0.1, -0.05) is 12.1 Å². The Hall–Kier alpha value is -2.57. The highest BCUT2D eigenvalue weighted by atomic mass is 19.4. The van der Waals surface area contributed by atoms with Crippen molar-refractivity contribution in [2.45, 2.75) is 6.18 Å². The largest absolute Gasteiger partial charge is 0.416 e. The minimum atomic E-state index is -4.40. The number of non-ortho nitro benzene ring substituents is 1. The number of nitrogen functional groups attached to an aromatic ring is 1. The van der Waals surface area contributed by atoms with Crippen LogP contribution < -0.4 is 5.73 Å². The first-order chi connectivity index (χ1) is 9.29. The smallest absolute Gasteiger partial charge is 0.398 e. The van der Waals surface area contributed by atoms with Crippen molar-refractivity contribution in [1.82, 2.24) is 0 Å². The molecule has 2 aromatic rings. The van der Waals surface area contributed by atoms with E-state index < -0.39 is 16.7 Å². The first-order valence-electron chi connectivity index (χ1n) is 5.50. The van der Waals surface area contributed by atoms with Crippen LogP contribution in [0.3, 0.4) is 0 Å². The number of nitro groups is 1. The summed E-state index contributed by atoms with van der Waals surface area (Å²) in [5, 5.41) is 10.6. The van der Waals surface area contributed by atoms with Crippen LogP contribution in [0, 0.1) is 10.1 Å². The molecule has 2 aromatic carbocycles. The summed E-state index contributed by atoms with van der Waals surface area (Å²) in [7, 11) is 0. The van der Waals surface area contributed by atoms with E-state index in [0.717, 1.165) is 12.1 Å². The highest BCUT2D eigenvalue weighted by Gasteiger charge is 2.30. The maximum atomic E-state index is 12.4. The lowest BCUT2D eigenvalue weighted by Crippen LogP contribution is -2.04. The van der Waals surface area contributed by atoms with E-state index in [0.29, 0.717) is 11.1 Å². The van der Waals surface area contributed by atoms with Crippen molar-refractivity contribution in [3.63, 3.8) is 0 Å². The molecule has 0 saturated heterocycles. The van der Waals surface area contributed by atoms with Crippen LogP contribution >= 0.6 is 0 Å². The van der Waals surface area contributed by atoms with E-state index in [2.05, 4.69) is 0 Å². The van der Waals surface area contributed by atoms with Gasteiger partial charge >= 0.3 is 6.18 Å². The van der Waals surface area contributed by atoms with Crippen LogP contribution in [0.1, 0.15) is 5.56 Å². The van der Waals surface area contributed by atoms with Crippen LogP contribution in [0.2, 0.25) is 0 Å². The third kappa shape index (κ3) is 2.71. The maximum Gasteiger partial charge on any atom is 0.416 e. The van der Waals surface area contributed by atoms with Crippen LogP contribution in [0.25, 0.3) is 11.1 Å². The van der Waals surface area contributed by atoms with Crippen molar-refractivity contribution in [3.8, 4) is 11.1 Å². The SMILES string of the molecule is Nc1cc([N+](=O)[O-])ccc1-c1ccc(C(F)(F)F)cc1. The Morgan fingerprint density at radius 3 is 2.10 bits per heavy atom. The van der Waals surface area contributed by atoms with E-state index in [1.54, 1.807) is 0 Å². The molecule has 0 aliphatic heterocycles. The van der Waals surface area contributed by atoms with Gasteiger partial charge in [-0.3, -0.25) is 10.1 Å². The fraction of sp³-hybridized carbons (Fsp3) is 0.0769. The average molecular weight is 282 g/mol. The summed E-state index contributed by atoms with van der Waals surface area (Å²) < 4.78 is 37.3. The van der Waals surface area contributed by atoms with E-state index >= 15 is 0 Å². The maximum absolute atomic E-state index is 12.4. The average Bonchev–Trinajstić information content (AvgIpc) is 2.37. The molecule has 2 rings (SSSR count). The van der Waals surface area contributed by atoms with Crippen LogP contribution in [0.15, 0.2) is 42.5 Å². The number of alkyl halides is 3. The van der Waals surface area contributed by atoms with Gasteiger partial charge < -0.3 is 5.73 Å². The molecule has 4 nitrogen and oxygen atoms in total. The number of hydrogen-bond donors (Lipinski definition) is 1. The van der Waals surface area contributed by atoms with Gasteiger partial charge in [0, 0.05) is 23.4 Å². The van der Waals surface area contributed by atoms with Crippen LogP contribution in [-0.4, -0.2) is 4.92 Å². The van der Waals surface area contributed by atoms with Gasteiger partial charge in [0.1, 0.15) is 0 Å². The van der Waals surface area contributed by atoms with Crippen LogP contribution in [0.4, 0.5) is 24.5 Å². The zero-order valence-electron chi connectivity index (χ0n) is 10.0. The van der Waals surface area contributed by atoms with Gasteiger partial charge in [-0.15, -0.1) is 0 Å². The summed E-state index contributed by atoms with van der Waals surface area (Å²) in [4.78, 5) is 9.99. The molecule has 0 unspecified atom stereocenters. The summed E-state index contributed by atoms with van der Waals surface area (Å²) in [6.45, 7) is 0. The molecule has 104 valence electrons. The molecular weight excluding hydrogens is 273 g/mol. The predicted molar refractivity (Wildman–Crippen MR) is 67.9 cm³/mol. The lowest BCUT2D eigenvalue weighted by molar-refractivity contribution is -0.384. The number of hydrogen-bond acceptors (Lipinski definition) is 3. The monoisotopic (exact) mass is 282 g/mol. The number of rotatable bonds is 2. The predicted octanol–water partition coefficient (Wildman–Crippen LogP) is 3.86. The van der Waals surface area contributed by atoms with Gasteiger partial charge in [-0.25, -0.2) is 0 Å². The van der Waals surface area contributed by atoms with Gasteiger partial charge in [0.05, 0.1) is 10.5 Å². The highest BCUT2D eigenvalue weighted by molar-refractivity contribution is 5.78. The van der Waals surface area contributed by atoms with Gasteiger partial charge in [0.15, 0.2) is 0 Å². The third-order valence-corrected chi connectivity index (χ3v) is 2.77. The first-order valence-corrected chi connectivity index (χ1v) is 5.50. The van der Waals surface area contributed by atoms with E-state index in [4.69, 9.17) is 5.73 Å². The molecule has 0 amide bonds. The lowest BCUT2D eigenvalue weighted by Gasteiger charge is -2.09. The molecule has 20 heavy (non-hydrogen) atoms. The molecule has 0 spiro atoms. The Kier molecular flexibility index (Phi) is 3.35. The van der Waals surface area contributed by atoms with E-state index in [-0.39, 0.29) is 11.4 Å². The normalized spacial score (nSPS) is 11.3. The molecule has 7 heteroatoms. The molecule has 2 N–H and O–H groups in total. The first kappa shape index (κ1) is 13.9. The quantitative estimate of drug-likeness (QED) is 0.516. The van der Waals surface area contributed by atoms with Crippen molar-refractivity contribution in [2.75, 3.05) is 5.73 Å². The minimum Gasteiger partial charge on any atom is -0.398 e. The summed E-state index contributed by atoms with van der Waals surface area (Å²) in [5.74, 6) is 0. The second-order valence-corrected chi connectivity index (χ2v) is 4.10. The fourth-order valence-electron chi connectivity index (χ4n) is 1.77. The number of halogens is 3. The third-order valence-electron chi connectivity index (χ3n) is 2.77.